The molecule has 180 valence electrons. The monoisotopic (exact) mass is 479 g/mol. The smallest absolute Gasteiger partial charge is 0.224 e. The molecule has 0 atom stereocenters. The first-order valence-electron chi connectivity index (χ1n) is 13.7. The molecule has 0 amide bonds. The number of benzene rings is 4. The van der Waals surface area contributed by atoms with Crippen molar-refractivity contribution >= 4 is 49.0 Å². The first-order valence-corrected chi connectivity index (χ1v) is 13.7. The van der Waals surface area contributed by atoms with Crippen LogP contribution < -0.4 is 4.57 Å². The van der Waals surface area contributed by atoms with Crippen molar-refractivity contribution in [2.45, 2.75) is 45.4 Å². The zero-order valence-corrected chi connectivity index (χ0v) is 21.8. The second-order valence-electron chi connectivity index (χ2n) is 11.3. The molecule has 3 aromatic heterocycles. The predicted molar refractivity (Wildman–Crippen MR) is 156 cm³/mol. The molecule has 0 bridgehead atoms. The normalized spacial score (nSPS) is 14.9. The van der Waals surface area contributed by atoms with E-state index in [0.717, 1.165) is 0 Å². The Morgan fingerprint density at radius 1 is 0.784 bits per heavy atom. The highest BCUT2D eigenvalue weighted by atomic mass is 15.0. The van der Waals surface area contributed by atoms with Crippen molar-refractivity contribution in [3.8, 4) is 11.1 Å². The van der Waals surface area contributed by atoms with Gasteiger partial charge in [-0.25, -0.2) is 4.57 Å². The van der Waals surface area contributed by atoms with E-state index in [4.69, 9.17) is 0 Å². The van der Waals surface area contributed by atoms with Gasteiger partial charge < -0.3 is 4.40 Å². The van der Waals surface area contributed by atoms with Gasteiger partial charge in [0.15, 0.2) is 6.20 Å². The van der Waals surface area contributed by atoms with Crippen LogP contribution in [-0.2, 0) is 7.05 Å². The quantitative estimate of drug-likeness (QED) is 0.133. The van der Waals surface area contributed by atoms with Gasteiger partial charge in [0.25, 0.3) is 0 Å². The van der Waals surface area contributed by atoms with Crippen LogP contribution in [0.15, 0.2) is 79.0 Å². The molecule has 1 aliphatic rings. The fourth-order valence-electron chi connectivity index (χ4n) is 7.33. The number of hydrogen-bond donors (Lipinski definition) is 0. The number of aryl methyl sites for hydroxylation is 3. The number of pyridine rings is 2. The summed E-state index contributed by atoms with van der Waals surface area (Å²) in [5.41, 5.74) is 12.2. The van der Waals surface area contributed by atoms with E-state index in [2.05, 4.69) is 109 Å². The van der Waals surface area contributed by atoms with Crippen molar-refractivity contribution in [3.05, 3.63) is 95.7 Å². The van der Waals surface area contributed by atoms with Crippen molar-refractivity contribution in [3.63, 3.8) is 0 Å². The number of rotatable bonds is 2. The molecular formula is C35H31N2+. The average Bonchev–Trinajstić information content (AvgIpc) is 3.58. The highest BCUT2D eigenvalue weighted by Crippen LogP contribution is 2.45. The molecule has 0 aliphatic heterocycles. The van der Waals surface area contributed by atoms with Gasteiger partial charge in [0, 0.05) is 16.8 Å². The summed E-state index contributed by atoms with van der Waals surface area (Å²) in [7, 11) is 2.21. The summed E-state index contributed by atoms with van der Waals surface area (Å²) in [5.74, 6) is 0.677. The van der Waals surface area contributed by atoms with Gasteiger partial charge in [-0.2, -0.15) is 0 Å². The third-order valence-electron chi connectivity index (χ3n) is 9.22. The van der Waals surface area contributed by atoms with Crippen molar-refractivity contribution in [2.75, 3.05) is 0 Å². The molecule has 0 saturated heterocycles. The Bertz CT molecular complexity index is 2000. The maximum absolute atomic E-state index is 2.60. The Morgan fingerprint density at radius 3 is 2.41 bits per heavy atom. The molecule has 0 spiro atoms. The lowest BCUT2D eigenvalue weighted by Gasteiger charge is -2.17. The van der Waals surface area contributed by atoms with Gasteiger partial charge >= 0.3 is 0 Å². The second-order valence-corrected chi connectivity index (χ2v) is 11.3. The molecule has 0 N–H and O–H groups in total. The zero-order valence-electron chi connectivity index (χ0n) is 21.8. The van der Waals surface area contributed by atoms with Crippen LogP contribution in [0.4, 0.5) is 0 Å². The van der Waals surface area contributed by atoms with E-state index in [1.807, 2.05) is 0 Å². The molecule has 8 rings (SSSR count). The second kappa shape index (κ2) is 7.55. The lowest BCUT2D eigenvalue weighted by molar-refractivity contribution is -0.643. The minimum atomic E-state index is 0.677. The molecule has 37 heavy (non-hydrogen) atoms. The Labute approximate surface area is 217 Å². The van der Waals surface area contributed by atoms with Gasteiger partial charge in [-0.05, 0) is 84.0 Å². The van der Waals surface area contributed by atoms with E-state index >= 15 is 0 Å². The van der Waals surface area contributed by atoms with Crippen LogP contribution in [0, 0.1) is 13.8 Å². The van der Waals surface area contributed by atoms with Crippen LogP contribution in [-0.4, -0.2) is 4.40 Å². The first-order chi connectivity index (χ1) is 18.1. The Balaban J connectivity index is 1.68. The zero-order chi connectivity index (χ0) is 24.8. The highest BCUT2D eigenvalue weighted by molar-refractivity contribution is 6.28. The lowest BCUT2D eigenvalue weighted by Crippen LogP contribution is -2.29. The van der Waals surface area contributed by atoms with E-state index in [1.54, 1.807) is 0 Å². The van der Waals surface area contributed by atoms with Crippen LogP contribution in [0.2, 0.25) is 0 Å². The van der Waals surface area contributed by atoms with Gasteiger partial charge in [0.2, 0.25) is 5.52 Å². The lowest BCUT2D eigenvalue weighted by atomic mass is 9.92. The molecule has 3 heterocycles. The van der Waals surface area contributed by atoms with E-state index in [-0.39, 0.29) is 0 Å². The maximum Gasteiger partial charge on any atom is 0.224 e. The molecule has 1 aliphatic carbocycles. The standard InChI is InChI=1S/C35H31N2/c1-21-18-28-33-27(24-12-5-4-6-13-24)14-9-15-29(33)37-30-20-26(23-10-7-8-11-23)19-25-16-17-36(3)35(32(25)30)31(22(21)2)34(28)37/h4-6,9,12-20,23H,7-8,10-11H2,1-3H3/q+1. The topological polar surface area (TPSA) is 8.29 Å². The summed E-state index contributed by atoms with van der Waals surface area (Å²) < 4.78 is 4.95. The van der Waals surface area contributed by atoms with Gasteiger partial charge in [0.05, 0.1) is 27.3 Å². The van der Waals surface area contributed by atoms with E-state index < -0.39 is 0 Å². The van der Waals surface area contributed by atoms with Gasteiger partial charge in [-0.15, -0.1) is 0 Å². The Kier molecular flexibility index (Phi) is 4.33. The third-order valence-corrected chi connectivity index (χ3v) is 9.22. The molecule has 1 saturated carbocycles. The molecule has 0 unspecified atom stereocenters. The number of fused-ring (bicyclic) bond motifs is 5. The fourth-order valence-corrected chi connectivity index (χ4v) is 7.33. The predicted octanol–water partition coefficient (Wildman–Crippen LogP) is 8.76. The van der Waals surface area contributed by atoms with Crippen LogP contribution in [0.5, 0.6) is 0 Å². The minimum Gasteiger partial charge on any atom is -0.307 e. The van der Waals surface area contributed by atoms with Crippen molar-refractivity contribution in [1.82, 2.24) is 4.40 Å². The Hall–Kier alpha value is -3.91. The van der Waals surface area contributed by atoms with E-state index in [0.29, 0.717) is 5.92 Å². The first kappa shape index (κ1) is 21.2. The molecular weight excluding hydrogens is 448 g/mol. The van der Waals surface area contributed by atoms with Crippen LogP contribution >= 0.6 is 0 Å². The number of aromatic nitrogens is 2. The fraction of sp³-hybridized carbons (Fsp3) is 0.229. The highest BCUT2D eigenvalue weighted by Gasteiger charge is 2.27. The van der Waals surface area contributed by atoms with E-state index in [9.17, 15) is 0 Å². The van der Waals surface area contributed by atoms with Crippen LogP contribution in [0.25, 0.3) is 60.1 Å². The summed E-state index contributed by atoms with van der Waals surface area (Å²) in [6.45, 7) is 4.58. The summed E-state index contributed by atoms with van der Waals surface area (Å²) in [6, 6.07) is 27.6. The minimum absolute atomic E-state index is 0.677. The molecule has 7 aromatic rings. The number of hydrogen-bond acceptors (Lipinski definition) is 0. The van der Waals surface area contributed by atoms with Gasteiger partial charge in [-0.1, -0.05) is 61.4 Å². The van der Waals surface area contributed by atoms with Crippen molar-refractivity contribution < 1.29 is 4.57 Å². The van der Waals surface area contributed by atoms with Gasteiger partial charge in [0.1, 0.15) is 7.05 Å². The van der Waals surface area contributed by atoms with Crippen LogP contribution in [0.3, 0.4) is 0 Å². The van der Waals surface area contributed by atoms with Crippen molar-refractivity contribution in [2.24, 2.45) is 7.05 Å². The molecule has 1 fully saturated rings. The summed E-state index contributed by atoms with van der Waals surface area (Å²) >= 11 is 0. The van der Waals surface area contributed by atoms with E-state index in [1.165, 1.54) is 102 Å². The maximum atomic E-state index is 2.60. The SMILES string of the molecule is Cc1cc2c3c(-c4ccccc4)cccc3n3c4cc(C5CCCC5)cc5cc[n+](C)c(c(c1C)c23)c54. The summed E-state index contributed by atoms with van der Waals surface area (Å²) in [5, 5.41) is 6.87. The summed E-state index contributed by atoms with van der Waals surface area (Å²) in [4.78, 5) is 0. The molecule has 4 aromatic carbocycles. The molecule has 0 radical (unpaired) electrons. The number of nitrogens with zero attached hydrogens (tertiary/aromatic N) is 2. The Morgan fingerprint density at radius 2 is 1.59 bits per heavy atom. The van der Waals surface area contributed by atoms with Crippen LogP contribution in [0.1, 0.15) is 48.3 Å². The third kappa shape index (κ3) is 2.79. The molecule has 2 nitrogen and oxygen atoms in total. The average molecular weight is 480 g/mol. The largest absolute Gasteiger partial charge is 0.307 e. The molecule has 2 heteroatoms. The van der Waals surface area contributed by atoms with Crippen molar-refractivity contribution in [1.29, 1.82) is 0 Å². The summed E-state index contributed by atoms with van der Waals surface area (Å²) in [6.07, 6.45) is 7.60. The van der Waals surface area contributed by atoms with Gasteiger partial charge in [-0.3, -0.25) is 0 Å².